The SMILES string of the molecule is CN=C(NCc1ccccc1CN1CC(C)CC(C)C1)NC1CCN(C(C)C)CC1.I. The smallest absolute Gasteiger partial charge is 0.191 e. The Morgan fingerprint density at radius 3 is 2.26 bits per heavy atom. The summed E-state index contributed by atoms with van der Waals surface area (Å²) in [6.45, 7) is 16.0. The summed E-state index contributed by atoms with van der Waals surface area (Å²) < 4.78 is 0. The zero-order valence-electron chi connectivity index (χ0n) is 20.2. The van der Waals surface area contributed by atoms with Crippen molar-refractivity contribution in [1.82, 2.24) is 20.4 Å². The van der Waals surface area contributed by atoms with Crippen LogP contribution in [0, 0.1) is 11.8 Å². The second-order valence-electron chi connectivity index (χ2n) is 9.88. The van der Waals surface area contributed by atoms with Gasteiger partial charge in [-0.05, 0) is 56.1 Å². The summed E-state index contributed by atoms with van der Waals surface area (Å²) in [5.41, 5.74) is 2.81. The van der Waals surface area contributed by atoms with Crippen LogP contribution in [0.5, 0.6) is 0 Å². The van der Waals surface area contributed by atoms with Gasteiger partial charge < -0.3 is 15.5 Å². The average Bonchev–Trinajstić information content (AvgIpc) is 2.71. The number of nitrogens with zero attached hydrogens (tertiary/aromatic N) is 3. The van der Waals surface area contributed by atoms with Crippen molar-refractivity contribution in [2.75, 3.05) is 33.2 Å². The molecule has 5 nitrogen and oxygen atoms in total. The van der Waals surface area contributed by atoms with E-state index in [0.717, 1.165) is 30.9 Å². The van der Waals surface area contributed by atoms with Gasteiger partial charge in [-0.3, -0.25) is 9.89 Å². The molecule has 0 aliphatic carbocycles. The minimum absolute atomic E-state index is 0. The van der Waals surface area contributed by atoms with Gasteiger partial charge in [-0.15, -0.1) is 24.0 Å². The highest BCUT2D eigenvalue weighted by Crippen LogP contribution is 2.23. The van der Waals surface area contributed by atoms with E-state index in [1.54, 1.807) is 0 Å². The van der Waals surface area contributed by atoms with Crippen LogP contribution in [0.15, 0.2) is 29.3 Å². The molecule has 2 aliphatic rings. The molecule has 176 valence electrons. The fraction of sp³-hybridized carbons (Fsp3) is 0.720. The maximum absolute atomic E-state index is 4.49. The number of piperidine rings is 2. The van der Waals surface area contributed by atoms with Crippen molar-refractivity contribution in [1.29, 1.82) is 0 Å². The Labute approximate surface area is 207 Å². The Balaban J connectivity index is 0.00000341. The van der Waals surface area contributed by atoms with E-state index >= 15 is 0 Å². The summed E-state index contributed by atoms with van der Waals surface area (Å²) >= 11 is 0. The Morgan fingerprint density at radius 1 is 1.06 bits per heavy atom. The number of rotatable bonds is 6. The third kappa shape index (κ3) is 8.21. The van der Waals surface area contributed by atoms with Crippen LogP contribution in [-0.2, 0) is 13.1 Å². The molecule has 0 spiro atoms. The molecule has 0 radical (unpaired) electrons. The molecule has 0 saturated carbocycles. The predicted octanol–water partition coefficient (Wildman–Crippen LogP) is 4.32. The quantitative estimate of drug-likeness (QED) is 0.320. The molecule has 0 aromatic heterocycles. The third-order valence-corrected chi connectivity index (χ3v) is 6.73. The van der Waals surface area contributed by atoms with Crippen molar-refractivity contribution in [2.45, 2.75) is 72.1 Å². The lowest BCUT2D eigenvalue weighted by Crippen LogP contribution is -2.49. The van der Waals surface area contributed by atoms with Gasteiger partial charge in [0.1, 0.15) is 0 Å². The molecule has 2 aliphatic heterocycles. The molecular formula is C25H44IN5. The molecule has 2 saturated heterocycles. The van der Waals surface area contributed by atoms with Crippen molar-refractivity contribution in [2.24, 2.45) is 16.8 Å². The molecule has 1 aromatic rings. The van der Waals surface area contributed by atoms with E-state index in [-0.39, 0.29) is 24.0 Å². The first-order chi connectivity index (χ1) is 14.4. The van der Waals surface area contributed by atoms with Crippen molar-refractivity contribution in [3.8, 4) is 0 Å². The van der Waals surface area contributed by atoms with Crippen LogP contribution in [0.1, 0.15) is 58.1 Å². The topological polar surface area (TPSA) is 42.9 Å². The largest absolute Gasteiger partial charge is 0.354 e. The number of nitrogens with one attached hydrogen (secondary N) is 2. The first-order valence-electron chi connectivity index (χ1n) is 11.9. The third-order valence-electron chi connectivity index (χ3n) is 6.73. The lowest BCUT2D eigenvalue weighted by molar-refractivity contribution is 0.134. The summed E-state index contributed by atoms with van der Waals surface area (Å²) in [6.07, 6.45) is 3.72. The fourth-order valence-corrected chi connectivity index (χ4v) is 5.17. The molecule has 2 unspecified atom stereocenters. The van der Waals surface area contributed by atoms with Crippen molar-refractivity contribution in [3.05, 3.63) is 35.4 Å². The highest BCUT2D eigenvalue weighted by atomic mass is 127. The van der Waals surface area contributed by atoms with Gasteiger partial charge in [-0.1, -0.05) is 38.1 Å². The standard InChI is InChI=1S/C25H43N5.HI/c1-19(2)30-12-10-24(11-13-30)28-25(26-5)27-15-22-8-6-7-9-23(22)18-29-16-20(3)14-21(4)17-29;/h6-9,19-21,24H,10-18H2,1-5H3,(H2,26,27,28);1H. The summed E-state index contributed by atoms with van der Waals surface area (Å²) in [5, 5.41) is 7.22. The molecular weight excluding hydrogens is 497 g/mol. The Bertz CT molecular complexity index is 674. The molecule has 31 heavy (non-hydrogen) atoms. The monoisotopic (exact) mass is 541 g/mol. The van der Waals surface area contributed by atoms with Crippen LogP contribution in [0.4, 0.5) is 0 Å². The maximum Gasteiger partial charge on any atom is 0.191 e. The van der Waals surface area contributed by atoms with Gasteiger partial charge in [0.05, 0.1) is 0 Å². The number of halogens is 1. The lowest BCUT2D eigenvalue weighted by Gasteiger charge is -2.35. The van der Waals surface area contributed by atoms with E-state index in [4.69, 9.17) is 0 Å². The molecule has 2 N–H and O–H groups in total. The highest BCUT2D eigenvalue weighted by molar-refractivity contribution is 14.0. The number of hydrogen-bond donors (Lipinski definition) is 2. The van der Waals surface area contributed by atoms with Gasteiger partial charge in [-0.2, -0.15) is 0 Å². The molecule has 2 atom stereocenters. The normalized spacial score (nSPS) is 24.1. The van der Waals surface area contributed by atoms with E-state index in [2.05, 4.69) is 77.4 Å². The second kappa shape index (κ2) is 13.0. The summed E-state index contributed by atoms with van der Waals surface area (Å²) in [7, 11) is 1.88. The van der Waals surface area contributed by atoms with Gasteiger partial charge in [0.15, 0.2) is 5.96 Å². The molecule has 6 heteroatoms. The van der Waals surface area contributed by atoms with E-state index in [1.165, 1.54) is 56.6 Å². The summed E-state index contributed by atoms with van der Waals surface area (Å²) in [4.78, 5) is 9.68. The van der Waals surface area contributed by atoms with E-state index in [1.807, 2.05) is 7.05 Å². The van der Waals surface area contributed by atoms with Gasteiger partial charge >= 0.3 is 0 Å². The first kappa shape index (κ1) is 26.4. The first-order valence-corrected chi connectivity index (χ1v) is 11.9. The van der Waals surface area contributed by atoms with Crippen LogP contribution < -0.4 is 10.6 Å². The minimum Gasteiger partial charge on any atom is -0.354 e. The van der Waals surface area contributed by atoms with Gasteiger partial charge in [0.25, 0.3) is 0 Å². The molecule has 3 rings (SSSR count). The predicted molar refractivity (Wildman–Crippen MR) is 143 cm³/mol. The van der Waals surface area contributed by atoms with Crippen molar-refractivity contribution >= 4 is 29.9 Å². The number of benzene rings is 1. The highest BCUT2D eigenvalue weighted by Gasteiger charge is 2.23. The number of likely N-dealkylation sites (tertiary alicyclic amines) is 2. The van der Waals surface area contributed by atoms with Crippen LogP contribution >= 0.6 is 24.0 Å². The summed E-state index contributed by atoms with van der Waals surface area (Å²) in [5.74, 6) is 2.52. The van der Waals surface area contributed by atoms with Crippen LogP contribution in [0.2, 0.25) is 0 Å². The van der Waals surface area contributed by atoms with Gasteiger partial charge in [0.2, 0.25) is 0 Å². The van der Waals surface area contributed by atoms with Crippen molar-refractivity contribution < 1.29 is 0 Å². The number of hydrogen-bond acceptors (Lipinski definition) is 3. The molecule has 2 fully saturated rings. The van der Waals surface area contributed by atoms with E-state index in [9.17, 15) is 0 Å². The van der Waals surface area contributed by atoms with Crippen LogP contribution in [0.3, 0.4) is 0 Å². The van der Waals surface area contributed by atoms with E-state index in [0.29, 0.717) is 12.1 Å². The average molecular weight is 542 g/mol. The van der Waals surface area contributed by atoms with Crippen molar-refractivity contribution in [3.63, 3.8) is 0 Å². The second-order valence-corrected chi connectivity index (χ2v) is 9.88. The Hall–Kier alpha value is -0.860. The number of guanidine groups is 1. The van der Waals surface area contributed by atoms with Gasteiger partial charge in [0, 0.05) is 58.4 Å². The molecule has 0 amide bonds. The van der Waals surface area contributed by atoms with Crippen LogP contribution in [0.25, 0.3) is 0 Å². The molecule has 2 heterocycles. The maximum atomic E-state index is 4.49. The Kier molecular flexibility index (Phi) is 11.1. The molecule has 0 bridgehead atoms. The summed E-state index contributed by atoms with van der Waals surface area (Å²) in [6, 6.07) is 10.0. The number of aliphatic imine (C=N–C) groups is 1. The molecule has 1 aromatic carbocycles. The minimum atomic E-state index is 0. The Morgan fingerprint density at radius 2 is 1.68 bits per heavy atom. The zero-order valence-corrected chi connectivity index (χ0v) is 22.6. The zero-order chi connectivity index (χ0) is 21.5. The van der Waals surface area contributed by atoms with Crippen LogP contribution in [-0.4, -0.2) is 61.1 Å². The van der Waals surface area contributed by atoms with E-state index < -0.39 is 0 Å². The van der Waals surface area contributed by atoms with Gasteiger partial charge in [-0.25, -0.2) is 0 Å². The lowest BCUT2D eigenvalue weighted by atomic mass is 9.91. The fourth-order valence-electron chi connectivity index (χ4n) is 5.17.